The van der Waals surface area contributed by atoms with Gasteiger partial charge < -0.3 is 19.2 Å². The summed E-state index contributed by atoms with van der Waals surface area (Å²) in [7, 11) is 0. The van der Waals surface area contributed by atoms with Crippen molar-refractivity contribution in [2.24, 2.45) is 0 Å². The lowest BCUT2D eigenvalue weighted by Gasteiger charge is -2.32. The Balaban J connectivity index is 1.48. The molecule has 0 spiro atoms. The Labute approximate surface area is 237 Å². The van der Waals surface area contributed by atoms with E-state index in [-0.39, 0.29) is 34.5 Å². The number of amides is 1. The minimum Gasteiger partial charge on any atom is -0.507 e. The summed E-state index contributed by atoms with van der Waals surface area (Å²) in [5.41, 5.74) is 4.91. The number of benzene rings is 3. The van der Waals surface area contributed by atoms with E-state index in [1.807, 2.05) is 55.1 Å². The molecular formula is C34H30N2O5. The third-order valence-electron chi connectivity index (χ3n) is 8.30. The number of hydrogen-bond acceptors (Lipinski definition) is 6. The molecule has 1 atom stereocenters. The molecule has 1 saturated heterocycles. The van der Waals surface area contributed by atoms with Gasteiger partial charge in [-0.15, -0.1) is 0 Å². The Hall–Kier alpha value is -4.65. The van der Waals surface area contributed by atoms with Gasteiger partial charge in [-0.3, -0.25) is 9.59 Å². The van der Waals surface area contributed by atoms with E-state index < -0.39 is 5.92 Å². The van der Waals surface area contributed by atoms with E-state index >= 15 is 0 Å². The van der Waals surface area contributed by atoms with Gasteiger partial charge in [0.25, 0.3) is 0 Å². The predicted molar refractivity (Wildman–Crippen MR) is 158 cm³/mol. The molecule has 2 aliphatic heterocycles. The van der Waals surface area contributed by atoms with Crippen molar-refractivity contribution >= 4 is 27.8 Å². The lowest BCUT2D eigenvalue weighted by Crippen LogP contribution is -2.36. The third-order valence-corrected chi connectivity index (χ3v) is 8.30. The lowest BCUT2D eigenvalue weighted by molar-refractivity contribution is -0.132. The number of carbonyl (C=O) groups is 1. The highest BCUT2D eigenvalue weighted by molar-refractivity contribution is 5.93. The first kappa shape index (κ1) is 25.3. The van der Waals surface area contributed by atoms with E-state index in [2.05, 4.69) is 12.1 Å². The molecule has 3 aromatic carbocycles. The van der Waals surface area contributed by atoms with Gasteiger partial charge in [0.2, 0.25) is 11.8 Å². The quantitative estimate of drug-likeness (QED) is 0.263. The number of piperidine rings is 1. The van der Waals surface area contributed by atoms with Gasteiger partial charge in [0, 0.05) is 59.6 Å². The van der Waals surface area contributed by atoms with Crippen LogP contribution in [-0.4, -0.2) is 34.0 Å². The molecule has 0 saturated carbocycles. The summed E-state index contributed by atoms with van der Waals surface area (Å²) < 4.78 is 12.8. The van der Waals surface area contributed by atoms with Crippen LogP contribution in [0, 0.1) is 13.8 Å². The number of aromatic nitrogens is 1. The number of carbonyl (C=O) groups excluding carboxylic acids is 1. The number of phenols is 1. The Bertz CT molecular complexity index is 1910. The largest absolute Gasteiger partial charge is 0.507 e. The van der Waals surface area contributed by atoms with Crippen molar-refractivity contribution in [1.82, 2.24) is 9.88 Å². The second kappa shape index (κ2) is 9.77. The summed E-state index contributed by atoms with van der Waals surface area (Å²) in [6.07, 6.45) is 3.27. The average molecular weight is 547 g/mol. The zero-order chi connectivity index (χ0) is 28.2. The molecule has 206 valence electrons. The topological polar surface area (TPSA) is 92.9 Å². The van der Waals surface area contributed by atoms with Gasteiger partial charge in [-0.1, -0.05) is 42.0 Å². The summed E-state index contributed by atoms with van der Waals surface area (Å²) in [5.74, 6) is 0.433. The van der Waals surface area contributed by atoms with Crippen LogP contribution in [-0.2, 0) is 4.79 Å². The first-order valence-electron chi connectivity index (χ1n) is 14.1. The van der Waals surface area contributed by atoms with Gasteiger partial charge in [-0.2, -0.15) is 0 Å². The molecular weight excluding hydrogens is 516 g/mol. The van der Waals surface area contributed by atoms with Crippen LogP contribution < -0.4 is 10.2 Å². The number of nitrogens with zero attached hydrogens (tertiary/aromatic N) is 2. The smallest absolute Gasteiger partial charge is 0.223 e. The SMILES string of the molecule is Cc1cc(C)c2nc3c(cc2c1)[C@H](CC(=O)N1CCCCC1)c1c(cc(O)c2c(=O)cc(-c4ccccc4)oc12)O3. The predicted octanol–water partition coefficient (Wildman–Crippen LogP) is 6.97. The normalized spacial score (nSPS) is 16.3. The molecule has 0 aliphatic carbocycles. The molecule has 1 amide bonds. The van der Waals surface area contributed by atoms with Crippen LogP contribution in [0.1, 0.15) is 53.9 Å². The number of ether oxygens (including phenoxy) is 1. The van der Waals surface area contributed by atoms with Gasteiger partial charge in [0.1, 0.15) is 28.2 Å². The Morgan fingerprint density at radius 1 is 1.02 bits per heavy atom. The molecule has 2 aromatic heterocycles. The first-order valence-corrected chi connectivity index (χ1v) is 14.1. The maximum absolute atomic E-state index is 13.7. The molecule has 0 radical (unpaired) electrons. The summed E-state index contributed by atoms with van der Waals surface area (Å²) >= 11 is 0. The molecule has 0 unspecified atom stereocenters. The number of rotatable bonds is 3. The number of phenolic OH excluding ortho intramolecular Hbond substituents is 1. The van der Waals surface area contributed by atoms with Crippen molar-refractivity contribution in [1.29, 1.82) is 0 Å². The van der Waals surface area contributed by atoms with Crippen molar-refractivity contribution in [2.45, 2.75) is 45.4 Å². The highest BCUT2D eigenvalue weighted by atomic mass is 16.5. The van der Waals surface area contributed by atoms with E-state index in [1.165, 1.54) is 12.1 Å². The van der Waals surface area contributed by atoms with Gasteiger partial charge in [-0.05, 0) is 50.8 Å². The van der Waals surface area contributed by atoms with Crippen LogP contribution in [0.2, 0.25) is 0 Å². The van der Waals surface area contributed by atoms with E-state index in [1.54, 1.807) is 0 Å². The van der Waals surface area contributed by atoms with Crippen LogP contribution in [0.15, 0.2) is 69.9 Å². The van der Waals surface area contributed by atoms with Crippen molar-refractivity contribution in [3.8, 4) is 28.7 Å². The molecule has 1 N–H and O–H groups in total. The van der Waals surface area contributed by atoms with Gasteiger partial charge >= 0.3 is 0 Å². The van der Waals surface area contributed by atoms with E-state index in [4.69, 9.17) is 14.1 Å². The lowest BCUT2D eigenvalue weighted by atomic mass is 9.84. The van der Waals surface area contributed by atoms with Crippen LogP contribution in [0.5, 0.6) is 17.4 Å². The van der Waals surface area contributed by atoms with E-state index in [0.717, 1.165) is 65.5 Å². The van der Waals surface area contributed by atoms with E-state index in [9.17, 15) is 14.7 Å². The maximum Gasteiger partial charge on any atom is 0.223 e. The molecule has 4 heterocycles. The minimum absolute atomic E-state index is 0.0387. The molecule has 2 aliphatic rings. The molecule has 7 nitrogen and oxygen atoms in total. The molecule has 1 fully saturated rings. The van der Waals surface area contributed by atoms with Crippen molar-refractivity contribution in [3.05, 3.63) is 93.1 Å². The van der Waals surface area contributed by atoms with Crippen LogP contribution in [0.4, 0.5) is 0 Å². The Morgan fingerprint density at radius 3 is 2.59 bits per heavy atom. The Morgan fingerprint density at radius 2 is 1.80 bits per heavy atom. The zero-order valence-electron chi connectivity index (χ0n) is 23.1. The average Bonchev–Trinajstić information content (AvgIpc) is 2.97. The first-order chi connectivity index (χ1) is 19.9. The van der Waals surface area contributed by atoms with Crippen LogP contribution in [0.25, 0.3) is 33.2 Å². The zero-order valence-corrected chi connectivity index (χ0v) is 23.1. The highest BCUT2D eigenvalue weighted by Gasteiger charge is 2.36. The second-order valence-electron chi connectivity index (χ2n) is 11.2. The number of aromatic hydroxyl groups is 1. The van der Waals surface area contributed by atoms with Gasteiger partial charge in [0.05, 0.1) is 5.52 Å². The van der Waals surface area contributed by atoms with Crippen LogP contribution >= 0.6 is 0 Å². The number of likely N-dealkylation sites (tertiary alicyclic amines) is 1. The summed E-state index contributed by atoms with van der Waals surface area (Å²) in [5, 5.41) is 12.0. The summed E-state index contributed by atoms with van der Waals surface area (Å²) in [4.78, 5) is 34.0. The third kappa shape index (κ3) is 4.32. The Kier molecular flexibility index (Phi) is 6.03. The standard InChI is InChI=1S/C34H30N2O5/c1-19-13-20(2)32-22(14-19)15-24-23(16-29(39)36-11-7-4-8-12-36)30-28(41-34(24)35-32)18-26(38)31-25(37)17-27(40-33(30)31)21-9-5-3-6-10-21/h3,5-6,9-10,13-15,17-18,23,38H,4,7-8,11-12,16H2,1-2H3/t23-/m0/s1. The monoisotopic (exact) mass is 546 g/mol. The number of hydrogen-bond donors (Lipinski definition) is 1. The maximum atomic E-state index is 13.7. The molecule has 7 heteroatoms. The molecule has 7 rings (SSSR count). The van der Waals surface area contributed by atoms with Gasteiger partial charge in [0.15, 0.2) is 5.43 Å². The fraction of sp³-hybridized carbons (Fsp3) is 0.265. The number of aryl methyl sites for hydroxylation is 2. The van der Waals surface area contributed by atoms with Crippen LogP contribution in [0.3, 0.4) is 0 Å². The number of pyridine rings is 1. The summed E-state index contributed by atoms with van der Waals surface area (Å²) in [6.45, 7) is 5.53. The second-order valence-corrected chi connectivity index (χ2v) is 11.2. The van der Waals surface area contributed by atoms with Crippen molar-refractivity contribution in [2.75, 3.05) is 13.1 Å². The number of fused-ring (bicyclic) bond motifs is 5. The van der Waals surface area contributed by atoms with E-state index in [0.29, 0.717) is 23.0 Å². The molecule has 41 heavy (non-hydrogen) atoms. The fourth-order valence-corrected chi connectivity index (χ4v) is 6.37. The van der Waals surface area contributed by atoms with Crippen molar-refractivity contribution < 1.29 is 19.1 Å². The summed E-state index contributed by atoms with van der Waals surface area (Å²) in [6, 6.07) is 18.4. The van der Waals surface area contributed by atoms with Gasteiger partial charge in [-0.25, -0.2) is 4.98 Å². The van der Waals surface area contributed by atoms with Crippen molar-refractivity contribution in [3.63, 3.8) is 0 Å². The molecule has 5 aromatic rings. The minimum atomic E-state index is -0.488. The fourth-order valence-electron chi connectivity index (χ4n) is 6.37. The highest BCUT2D eigenvalue weighted by Crippen LogP contribution is 2.51. The molecule has 0 bridgehead atoms.